The van der Waals surface area contributed by atoms with E-state index in [0.717, 1.165) is 23.3 Å². The lowest BCUT2D eigenvalue weighted by molar-refractivity contribution is -0.213. The van der Waals surface area contributed by atoms with E-state index in [-0.39, 0.29) is 42.1 Å². The Morgan fingerprint density at radius 2 is 1.81 bits per heavy atom. The number of hydrogen-bond acceptors (Lipinski definition) is 9. The SMILES string of the molecule is CCOc1cc(C(Nc2ccc3c(N)nccc3c2)(OC(=O)C(F)(F)F)C(=O)NCc2ccccc2SC2CC2)ccc1OC(C)C. The number of carbonyl (C=O) groups excluding carboxylic acids is 2. The lowest BCUT2D eigenvalue weighted by Crippen LogP contribution is -2.54. The number of benzene rings is 3. The maximum absolute atomic E-state index is 14.4. The van der Waals surface area contributed by atoms with Gasteiger partial charge in [-0.25, -0.2) is 9.78 Å². The highest BCUT2D eigenvalue weighted by Crippen LogP contribution is 2.41. The molecular weight excluding hydrogens is 633 g/mol. The van der Waals surface area contributed by atoms with Crippen molar-refractivity contribution in [2.45, 2.75) is 68.3 Å². The Hall–Kier alpha value is -4.65. The molecule has 1 amide bonds. The number of rotatable bonds is 13. The molecule has 1 aromatic heterocycles. The quantitative estimate of drug-likeness (QED) is 0.103. The van der Waals surface area contributed by atoms with E-state index in [1.165, 1.54) is 30.5 Å². The Kier molecular flexibility index (Phi) is 10.0. The molecule has 1 aliphatic carbocycles. The third-order valence-electron chi connectivity index (χ3n) is 7.16. The van der Waals surface area contributed by atoms with Crippen molar-refractivity contribution < 1.29 is 37.0 Å². The number of amides is 1. The summed E-state index contributed by atoms with van der Waals surface area (Å²) in [6.45, 7) is 5.46. The van der Waals surface area contributed by atoms with Crippen LogP contribution < -0.4 is 25.8 Å². The van der Waals surface area contributed by atoms with E-state index in [0.29, 0.717) is 21.8 Å². The number of alkyl halides is 3. The van der Waals surface area contributed by atoms with E-state index in [9.17, 15) is 22.8 Å². The zero-order chi connectivity index (χ0) is 33.8. The van der Waals surface area contributed by atoms with E-state index in [2.05, 4.69) is 15.6 Å². The number of carbonyl (C=O) groups is 2. The van der Waals surface area contributed by atoms with Gasteiger partial charge in [-0.05, 0) is 93.1 Å². The molecule has 1 heterocycles. The lowest BCUT2D eigenvalue weighted by atomic mass is 9.99. The van der Waals surface area contributed by atoms with Crippen LogP contribution in [0.2, 0.25) is 0 Å². The zero-order valence-corrected chi connectivity index (χ0v) is 26.8. The van der Waals surface area contributed by atoms with Gasteiger partial charge < -0.3 is 30.6 Å². The Morgan fingerprint density at radius 1 is 1.04 bits per heavy atom. The van der Waals surface area contributed by atoms with Crippen molar-refractivity contribution in [2.75, 3.05) is 17.7 Å². The minimum atomic E-state index is -5.42. The number of nitrogens with zero attached hydrogens (tertiary/aromatic N) is 1. The van der Waals surface area contributed by atoms with Crippen LogP contribution in [0, 0.1) is 0 Å². The minimum Gasteiger partial charge on any atom is -0.490 e. The Balaban J connectivity index is 1.63. The normalized spacial score (nSPS) is 14.4. The summed E-state index contributed by atoms with van der Waals surface area (Å²) >= 11 is 1.68. The van der Waals surface area contributed by atoms with Crippen LogP contribution in [0.25, 0.3) is 10.8 Å². The molecule has 3 aromatic carbocycles. The smallest absolute Gasteiger partial charge is 0.490 e. The number of nitrogens with one attached hydrogen (secondary N) is 2. The number of halogens is 3. The van der Waals surface area contributed by atoms with Crippen molar-refractivity contribution in [3.63, 3.8) is 0 Å². The average Bonchev–Trinajstić information content (AvgIpc) is 3.84. The van der Waals surface area contributed by atoms with E-state index < -0.39 is 23.8 Å². The topological polar surface area (TPSA) is 125 Å². The van der Waals surface area contributed by atoms with Crippen molar-refractivity contribution in [3.8, 4) is 11.5 Å². The van der Waals surface area contributed by atoms with Crippen molar-refractivity contribution in [1.29, 1.82) is 0 Å². The number of fused-ring (bicyclic) bond motifs is 1. The number of nitrogen functional groups attached to an aromatic ring is 1. The second-order valence-corrected chi connectivity index (χ2v) is 12.5. The van der Waals surface area contributed by atoms with E-state index >= 15 is 0 Å². The van der Waals surface area contributed by atoms with Gasteiger partial charge in [0, 0.05) is 39.5 Å². The molecule has 1 atom stereocenters. The van der Waals surface area contributed by atoms with Crippen LogP contribution in [0.3, 0.4) is 0 Å². The van der Waals surface area contributed by atoms with Gasteiger partial charge in [0.05, 0.1) is 12.7 Å². The van der Waals surface area contributed by atoms with Gasteiger partial charge in [0.1, 0.15) is 5.82 Å². The molecule has 1 aliphatic rings. The Morgan fingerprint density at radius 3 is 2.51 bits per heavy atom. The standard InChI is InChI=1S/C34H35F3N4O5S/c1-4-44-28-18-23(9-14-27(28)45-20(2)3)33(46-32(43)34(35,36)37,41-24-10-13-26-21(17-24)15-16-39-30(26)38)31(42)40-19-22-7-5-6-8-29(22)47-25-11-12-25/h5-10,13-18,20,25,41H,4,11-12,19H2,1-3H3,(H2,38,39)(H,40,42). The molecule has 0 saturated heterocycles. The number of nitrogens with two attached hydrogens (primary N) is 1. The summed E-state index contributed by atoms with van der Waals surface area (Å²) in [6, 6.07) is 17.9. The van der Waals surface area contributed by atoms with Gasteiger partial charge in [-0.3, -0.25) is 4.79 Å². The van der Waals surface area contributed by atoms with Crippen LogP contribution in [0.15, 0.2) is 77.8 Å². The van der Waals surface area contributed by atoms with Crippen molar-refractivity contribution in [2.24, 2.45) is 0 Å². The van der Waals surface area contributed by atoms with Crippen molar-refractivity contribution >= 4 is 45.9 Å². The van der Waals surface area contributed by atoms with Gasteiger partial charge in [-0.1, -0.05) is 18.2 Å². The molecular formula is C34H35F3N4O5S. The summed E-state index contributed by atoms with van der Waals surface area (Å²) in [7, 11) is 0. The fourth-order valence-electron chi connectivity index (χ4n) is 4.85. The van der Waals surface area contributed by atoms with E-state index in [4.69, 9.17) is 19.9 Å². The van der Waals surface area contributed by atoms with Gasteiger partial charge in [0.2, 0.25) is 0 Å². The molecule has 13 heteroatoms. The molecule has 4 N–H and O–H groups in total. The van der Waals surface area contributed by atoms with Crippen LogP contribution in [-0.4, -0.2) is 41.0 Å². The molecule has 5 rings (SSSR count). The molecule has 0 radical (unpaired) electrons. The first kappa shape index (κ1) is 33.7. The number of pyridine rings is 1. The van der Waals surface area contributed by atoms with Crippen molar-refractivity contribution in [3.05, 3.63) is 84.1 Å². The fourth-order valence-corrected chi connectivity index (χ4v) is 6.03. The summed E-state index contributed by atoms with van der Waals surface area (Å²) in [5.74, 6) is -2.94. The summed E-state index contributed by atoms with van der Waals surface area (Å²) in [4.78, 5) is 32.0. The van der Waals surface area contributed by atoms with Gasteiger partial charge in [0.25, 0.3) is 11.6 Å². The molecule has 248 valence electrons. The first-order chi connectivity index (χ1) is 22.4. The van der Waals surface area contributed by atoms with Crippen LogP contribution in [0.4, 0.5) is 24.7 Å². The number of esters is 1. The van der Waals surface area contributed by atoms with Crippen LogP contribution in [0.1, 0.15) is 44.7 Å². The second-order valence-electron chi connectivity index (χ2n) is 11.2. The highest BCUT2D eigenvalue weighted by molar-refractivity contribution is 8.00. The molecule has 1 unspecified atom stereocenters. The number of anilines is 2. The predicted molar refractivity (Wildman–Crippen MR) is 174 cm³/mol. The summed E-state index contributed by atoms with van der Waals surface area (Å²) in [5.41, 5.74) is 4.07. The van der Waals surface area contributed by atoms with Gasteiger partial charge in [-0.2, -0.15) is 13.2 Å². The fraction of sp³-hybridized carbons (Fsp3) is 0.324. The van der Waals surface area contributed by atoms with E-state index in [1.54, 1.807) is 50.7 Å². The molecule has 0 bridgehead atoms. The predicted octanol–water partition coefficient (Wildman–Crippen LogP) is 6.94. The molecule has 47 heavy (non-hydrogen) atoms. The third kappa shape index (κ3) is 8.02. The molecule has 4 aromatic rings. The third-order valence-corrected chi connectivity index (χ3v) is 8.61. The summed E-state index contributed by atoms with van der Waals surface area (Å²) in [6.07, 6.45) is -2.05. The largest absolute Gasteiger partial charge is 0.491 e. The maximum Gasteiger partial charge on any atom is 0.491 e. The first-order valence-electron chi connectivity index (χ1n) is 15.1. The Labute approximate surface area is 274 Å². The molecule has 0 spiro atoms. The Bertz CT molecular complexity index is 1770. The van der Waals surface area contributed by atoms with Crippen molar-refractivity contribution in [1.82, 2.24) is 10.3 Å². The highest BCUT2D eigenvalue weighted by atomic mass is 32.2. The summed E-state index contributed by atoms with van der Waals surface area (Å²) < 4.78 is 58.5. The highest BCUT2D eigenvalue weighted by Gasteiger charge is 2.52. The minimum absolute atomic E-state index is 0.0471. The monoisotopic (exact) mass is 668 g/mol. The van der Waals surface area contributed by atoms with Crippen LogP contribution in [0.5, 0.6) is 11.5 Å². The lowest BCUT2D eigenvalue weighted by Gasteiger charge is -2.35. The average molecular weight is 669 g/mol. The molecule has 1 saturated carbocycles. The number of hydrogen-bond donors (Lipinski definition) is 3. The summed E-state index contributed by atoms with van der Waals surface area (Å²) in [5, 5.41) is 7.20. The number of ether oxygens (including phenoxy) is 3. The molecule has 0 aliphatic heterocycles. The van der Waals surface area contributed by atoms with Gasteiger partial charge in [0.15, 0.2) is 11.5 Å². The van der Waals surface area contributed by atoms with Gasteiger partial charge in [-0.15, -0.1) is 11.8 Å². The van der Waals surface area contributed by atoms with Crippen LogP contribution in [-0.2, 0) is 26.6 Å². The van der Waals surface area contributed by atoms with Crippen LogP contribution >= 0.6 is 11.8 Å². The van der Waals surface area contributed by atoms with E-state index in [1.807, 2.05) is 24.3 Å². The molecule has 1 fully saturated rings. The number of thioether (sulfide) groups is 1. The zero-order valence-electron chi connectivity index (χ0n) is 26.0. The number of aromatic nitrogens is 1. The first-order valence-corrected chi connectivity index (χ1v) is 16.0. The maximum atomic E-state index is 14.4. The van der Waals surface area contributed by atoms with Gasteiger partial charge >= 0.3 is 12.1 Å². The molecule has 9 nitrogen and oxygen atoms in total. The second kappa shape index (κ2) is 14.0.